The highest BCUT2D eigenvalue weighted by Gasteiger charge is 2.30. The summed E-state index contributed by atoms with van der Waals surface area (Å²) >= 11 is 0. The fourth-order valence-corrected chi connectivity index (χ4v) is 4.47. The summed E-state index contributed by atoms with van der Waals surface area (Å²) in [5, 5.41) is 0. The van der Waals surface area contributed by atoms with Crippen LogP contribution in [0, 0.1) is 23.7 Å². The van der Waals surface area contributed by atoms with Crippen molar-refractivity contribution in [1.82, 2.24) is 0 Å². The lowest BCUT2D eigenvalue weighted by Crippen LogP contribution is -2.28. The Morgan fingerprint density at radius 1 is 0.875 bits per heavy atom. The average molecular weight is 335 g/mol. The van der Waals surface area contributed by atoms with Crippen LogP contribution >= 0.6 is 0 Å². The molecule has 0 aromatic rings. The van der Waals surface area contributed by atoms with Gasteiger partial charge in [0.15, 0.2) is 0 Å². The minimum atomic E-state index is 0.708. The Hall–Kier alpha value is -0.760. The molecular formula is C22H38O2. The third-order valence-corrected chi connectivity index (χ3v) is 6.02. The van der Waals surface area contributed by atoms with Crippen LogP contribution in [0.15, 0.2) is 25.0 Å². The van der Waals surface area contributed by atoms with Crippen LogP contribution in [-0.4, -0.2) is 19.8 Å². The topological polar surface area (TPSA) is 18.5 Å². The summed E-state index contributed by atoms with van der Waals surface area (Å²) in [6.07, 6.45) is 19.4. The van der Waals surface area contributed by atoms with Crippen LogP contribution in [0.2, 0.25) is 0 Å². The second kappa shape index (κ2) is 11.7. The van der Waals surface area contributed by atoms with E-state index in [0.29, 0.717) is 6.61 Å². The van der Waals surface area contributed by atoms with Gasteiger partial charge in [-0.2, -0.15) is 0 Å². The van der Waals surface area contributed by atoms with Crippen molar-refractivity contribution >= 4 is 0 Å². The second-order valence-electron chi connectivity index (χ2n) is 7.88. The second-order valence-corrected chi connectivity index (χ2v) is 7.88. The van der Waals surface area contributed by atoms with Gasteiger partial charge in [-0.3, -0.25) is 0 Å². The molecule has 2 saturated carbocycles. The van der Waals surface area contributed by atoms with Crippen LogP contribution < -0.4 is 0 Å². The van der Waals surface area contributed by atoms with E-state index in [4.69, 9.17) is 9.47 Å². The molecule has 0 unspecified atom stereocenters. The molecule has 2 nitrogen and oxygen atoms in total. The van der Waals surface area contributed by atoms with E-state index >= 15 is 0 Å². The molecular weight excluding hydrogens is 296 g/mol. The number of hydrogen-bond acceptors (Lipinski definition) is 2. The van der Waals surface area contributed by atoms with Gasteiger partial charge in [-0.05, 0) is 87.5 Å². The minimum Gasteiger partial charge on any atom is -0.501 e. The summed E-state index contributed by atoms with van der Waals surface area (Å²) in [5.74, 6) is 3.54. The lowest BCUT2D eigenvalue weighted by Gasteiger charge is -2.37. The SMILES string of the molecule is C=CCOC[C@H]1CC[C@H](C2CCC(CO/C=C\CCC)CC2)CC1. The van der Waals surface area contributed by atoms with Crippen molar-refractivity contribution < 1.29 is 9.47 Å². The normalized spacial score (nSPS) is 31.2. The Labute approximate surface area is 149 Å². The van der Waals surface area contributed by atoms with E-state index in [1.165, 1.54) is 57.8 Å². The van der Waals surface area contributed by atoms with Crippen molar-refractivity contribution in [2.24, 2.45) is 23.7 Å². The van der Waals surface area contributed by atoms with Crippen LogP contribution in [0.3, 0.4) is 0 Å². The van der Waals surface area contributed by atoms with Gasteiger partial charge in [-0.1, -0.05) is 19.4 Å². The monoisotopic (exact) mass is 334 g/mol. The van der Waals surface area contributed by atoms with Crippen molar-refractivity contribution in [3.05, 3.63) is 25.0 Å². The van der Waals surface area contributed by atoms with Gasteiger partial charge in [-0.15, -0.1) is 6.58 Å². The maximum Gasteiger partial charge on any atom is 0.0901 e. The lowest BCUT2D eigenvalue weighted by atomic mass is 9.69. The van der Waals surface area contributed by atoms with Gasteiger partial charge in [-0.25, -0.2) is 0 Å². The van der Waals surface area contributed by atoms with Crippen LogP contribution in [0.5, 0.6) is 0 Å². The van der Waals surface area contributed by atoms with Crippen LogP contribution in [0.25, 0.3) is 0 Å². The first-order valence-electron chi connectivity index (χ1n) is 10.3. The first-order valence-corrected chi connectivity index (χ1v) is 10.3. The van der Waals surface area contributed by atoms with E-state index < -0.39 is 0 Å². The molecule has 0 radical (unpaired) electrons. The first-order chi connectivity index (χ1) is 11.8. The predicted octanol–water partition coefficient (Wildman–Crippen LogP) is 6.13. The maximum atomic E-state index is 5.72. The highest BCUT2D eigenvalue weighted by Crippen LogP contribution is 2.41. The highest BCUT2D eigenvalue weighted by molar-refractivity contribution is 4.82. The van der Waals surface area contributed by atoms with E-state index in [1.807, 2.05) is 12.3 Å². The van der Waals surface area contributed by atoms with Gasteiger partial charge in [0, 0.05) is 6.61 Å². The Bertz CT molecular complexity index is 347. The zero-order valence-electron chi connectivity index (χ0n) is 15.8. The summed E-state index contributed by atoms with van der Waals surface area (Å²) in [4.78, 5) is 0. The number of allylic oxidation sites excluding steroid dienone is 1. The zero-order valence-corrected chi connectivity index (χ0v) is 15.8. The van der Waals surface area contributed by atoms with Gasteiger partial charge in [0.1, 0.15) is 0 Å². The smallest absolute Gasteiger partial charge is 0.0901 e. The molecule has 0 saturated heterocycles. The Morgan fingerprint density at radius 2 is 1.46 bits per heavy atom. The fraction of sp³-hybridized carbons (Fsp3) is 0.818. The molecule has 0 N–H and O–H groups in total. The molecule has 0 aromatic carbocycles. The molecule has 0 atom stereocenters. The number of ether oxygens (including phenoxy) is 2. The van der Waals surface area contributed by atoms with Gasteiger partial charge in [0.25, 0.3) is 0 Å². The summed E-state index contributed by atoms with van der Waals surface area (Å²) < 4.78 is 11.4. The van der Waals surface area contributed by atoms with Crippen molar-refractivity contribution in [2.45, 2.75) is 71.1 Å². The van der Waals surface area contributed by atoms with Crippen molar-refractivity contribution in [3.8, 4) is 0 Å². The molecule has 2 aliphatic rings. The molecule has 2 heteroatoms. The van der Waals surface area contributed by atoms with Gasteiger partial charge >= 0.3 is 0 Å². The predicted molar refractivity (Wildman–Crippen MR) is 102 cm³/mol. The van der Waals surface area contributed by atoms with E-state index in [9.17, 15) is 0 Å². The van der Waals surface area contributed by atoms with Gasteiger partial charge in [0.05, 0.1) is 19.5 Å². The first kappa shape index (κ1) is 19.6. The third-order valence-electron chi connectivity index (χ3n) is 6.02. The molecule has 0 aliphatic heterocycles. The van der Waals surface area contributed by atoms with E-state index in [-0.39, 0.29) is 0 Å². The Kier molecular flexibility index (Phi) is 9.57. The molecule has 0 bridgehead atoms. The van der Waals surface area contributed by atoms with E-state index in [1.54, 1.807) is 0 Å². The molecule has 2 fully saturated rings. The quantitative estimate of drug-likeness (QED) is 0.272. The number of unbranched alkanes of at least 4 members (excludes halogenated alkanes) is 1. The Morgan fingerprint density at radius 3 is 2.00 bits per heavy atom. The summed E-state index contributed by atoms with van der Waals surface area (Å²) in [6, 6.07) is 0. The van der Waals surface area contributed by atoms with Crippen molar-refractivity contribution in [1.29, 1.82) is 0 Å². The number of rotatable bonds is 10. The van der Waals surface area contributed by atoms with Gasteiger partial charge < -0.3 is 9.47 Å². The molecule has 0 heterocycles. The van der Waals surface area contributed by atoms with E-state index in [2.05, 4.69) is 19.6 Å². The summed E-state index contributed by atoms with van der Waals surface area (Å²) in [7, 11) is 0. The van der Waals surface area contributed by atoms with Crippen molar-refractivity contribution in [3.63, 3.8) is 0 Å². The fourth-order valence-electron chi connectivity index (χ4n) is 4.47. The summed E-state index contributed by atoms with van der Waals surface area (Å²) in [6.45, 7) is 8.50. The highest BCUT2D eigenvalue weighted by atomic mass is 16.5. The molecule has 138 valence electrons. The molecule has 2 aliphatic carbocycles. The maximum absolute atomic E-state index is 5.72. The molecule has 0 spiro atoms. The lowest BCUT2D eigenvalue weighted by molar-refractivity contribution is 0.0725. The Balaban J connectivity index is 1.57. The molecule has 2 rings (SSSR count). The molecule has 24 heavy (non-hydrogen) atoms. The summed E-state index contributed by atoms with van der Waals surface area (Å²) in [5.41, 5.74) is 0. The zero-order chi connectivity index (χ0) is 17.0. The van der Waals surface area contributed by atoms with Crippen molar-refractivity contribution in [2.75, 3.05) is 19.8 Å². The largest absolute Gasteiger partial charge is 0.501 e. The van der Waals surface area contributed by atoms with Gasteiger partial charge in [0.2, 0.25) is 0 Å². The third kappa shape index (κ3) is 7.01. The molecule has 0 aromatic heterocycles. The molecule has 0 amide bonds. The number of hydrogen-bond donors (Lipinski definition) is 0. The van der Waals surface area contributed by atoms with Crippen LogP contribution in [0.4, 0.5) is 0 Å². The van der Waals surface area contributed by atoms with E-state index in [0.717, 1.165) is 43.3 Å². The average Bonchev–Trinajstić information content (AvgIpc) is 2.63. The van der Waals surface area contributed by atoms with Crippen LogP contribution in [0.1, 0.15) is 71.1 Å². The standard InChI is InChI=1S/C22H38O2/c1-3-5-6-16-24-18-20-9-13-22(14-10-20)21-11-7-19(8-12-21)17-23-15-4-2/h4,6,16,19-22H,2-3,5,7-15,17-18H2,1H3/b16-6-/t19-,20?,21-,22?. The minimum absolute atomic E-state index is 0.708. The van der Waals surface area contributed by atoms with Crippen LogP contribution in [-0.2, 0) is 9.47 Å².